The Labute approximate surface area is 118 Å². The van der Waals surface area contributed by atoms with E-state index in [0.29, 0.717) is 13.1 Å². The number of hydrogen-bond acceptors (Lipinski definition) is 4. The molecule has 20 heavy (non-hydrogen) atoms. The Morgan fingerprint density at radius 1 is 1.50 bits per heavy atom. The van der Waals surface area contributed by atoms with E-state index in [0.717, 1.165) is 12.1 Å². The second kappa shape index (κ2) is 4.45. The quantitative estimate of drug-likeness (QED) is 0.739. The minimum atomic E-state index is -0.461. The number of aromatic nitrogens is 1. The highest BCUT2D eigenvalue weighted by Gasteiger charge is 2.61. The molecule has 0 bridgehead atoms. The highest BCUT2D eigenvalue weighted by Crippen LogP contribution is 2.51. The zero-order chi connectivity index (χ0) is 14.4. The summed E-state index contributed by atoms with van der Waals surface area (Å²) in [5.74, 6) is 0. The summed E-state index contributed by atoms with van der Waals surface area (Å²) in [5, 5.41) is 0. The van der Waals surface area contributed by atoms with Crippen molar-refractivity contribution in [1.82, 2.24) is 9.88 Å². The van der Waals surface area contributed by atoms with Crippen molar-refractivity contribution in [2.45, 2.75) is 44.5 Å². The van der Waals surface area contributed by atoms with Crippen molar-refractivity contribution >= 4 is 6.09 Å². The summed E-state index contributed by atoms with van der Waals surface area (Å²) in [4.78, 5) is 18.2. The van der Waals surface area contributed by atoms with Crippen LogP contribution in [0.3, 0.4) is 0 Å². The van der Waals surface area contributed by atoms with Crippen molar-refractivity contribution in [1.29, 1.82) is 0 Å². The van der Waals surface area contributed by atoms with Gasteiger partial charge in [0.25, 0.3) is 0 Å². The zero-order valence-electron chi connectivity index (χ0n) is 12.1. The molecule has 1 amide bonds. The van der Waals surface area contributed by atoms with Crippen LogP contribution >= 0.6 is 0 Å². The van der Waals surface area contributed by atoms with Crippen LogP contribution in [0.5, 0.6) is 0 Å². The summed E-state index contributed by atoms with van der Waals surface area (Å²) in [6.07, 6.45) is 2.33. The molecule has 5 nitrogen and oxygen atoms in total. The Balaban J connectivity index is 1.65. The summed E-state index contributed by atoms with van der Waals surface area (Å²) < 4.78 is 11.2. The normalized spacial score (nSPS) is 28.8. The first-order valence-corrected chi connectivity index (χ1v) is 6.98. The molecule has 1 aromatic heterocycles. The Morgan fingerprint density at radius 3 is 2.90 bits per heavy atom. The van der Waals surface area contributed by atoms with Gasteiger partial charge in [-0.05, 0) is 32.9 Å². The van der Waals surface area contributed by atoms with Gasteiger partial charge in [0.15, 0.2) is 0 Å². The lowest BCUT2D eigenvalue weighted by atomic mass is 9.93. The SMILES string of the molecule is CC(C)(C)OC(=O)N1CC[C@]2(c3ccccn3)OC2C1. The largest absolute Gasteiger partial charge is 0.444 e. The van der Waals surface area contributed by atoms with Crippen LogP contribution in [-0.4, -0.2) is 40.8 Å². The Bertz CT molecular complexity index is 512. The Morgan fingerprint density at radius 2 is 2.30 bits per heavy atom. The topological polar surface area (TPSA) is 55.0 Å². The molecule has 0 aromatic carbocycles. The van der Waals surface area contributed by atoms with E-state index in [-0.39, 0.29) is 17.8 Å². The van der Waals surface area contributed by atoms with Gasteiger partial charge in [0, 0.05) is 19.2 Å². The van der Waals surface area contributed by atoms with Gasteiger partial charge in [0.05, 0.1) is 12.2 Å². The first kappa shape index (κ1) is 13.4. The third-order valence-electron chi connectivity index (χ3n) is 3.70. The predicted molar refractivity (Wildman–Crippen MR) is 73.2 cm³/mol. The van der Waals surface area contributed by atoms with Crippen molar-refractivity contribution in [3.05, 3.63) is 30.1 Å². The molecule has 108 valence electrons. The second-order valence-electron chi connectivity index (χ2n) is 6.39. The van der Waals surface area contributed by atoms with Gasteiger partial charge in [0.1, 0.15) is 17.3 Å². The average molecular weight is 276 g/mol. The summed E-state index contributed by atoms with van der Waals surface area (Å²) >= 11 is 0. The van der Waals surface area contributed by atoms with E-state index in [4.69, 9.17) is 9.47 Å². The van der Waals surface area contributed by atoms with Gasteiger partial charge in [-0.2, -0.15) is 0 Å². The number of pyridine rings is 1. The van der Waals surface area contributed by atoms with Crippen LogP contribution < -0.4 is 0 Å². The number of piperidine rings is 1. The van der Waals surface area contributed by atoms with Gasteiger partial charge >= 0.3 is 6.09 Å². The minimum absolute atomic E-state index is 0.0404. The molecule has 2 saturated heterocycles. The molecule has 1 unspecified atom stereocenters. The maximum Gasteiger partial charge on any atom is 0.410 e. The number of carbonyl (C=O) groups is 1. The molecule has 2 atom stereocenters. The molecule has 0 aliphatic carbocycles. The van der Waals surface area contributed by atoms with Gasteiger partial charge < -0.3 is 14.4 Å². The van der Waals surface area contributed by atoms with Gasteiger partial charge in [-0.3, -0.25) is 4.98 Å². The molecule has 2 fully saturated rings. The van der Waals surface area contributed by atoms with Crippen LogP contribution in [0, 0.1) is 0 Å². The third kappa shape index (κ3) is 2.38. The van der Waals surface area contributed by atoms with E-state index < -0.39 is 5.60 Å². The fraction of sp³-hybridized carbons (Fsp3) is 0.600. The first-order valence-electron chi connectivity index (χ1n) is 6.98. The van der Waals surface area contributed by atoms with Crippen LogP contribution in [0.25, 0.3) is 0 Å². The molecular formula is C15H20N2O3. The molecule has 2 aliphatic rings. The number of rotatable bonds is 1. The fourth-order valence-electron chi connectivity index (χ4n) is 2.68. The maximum atomic E-state index is 12.1. The highest BCUT2D eigenvalue weighted by atomic mass is 16.6. The van der Waals surface area contributed by atoms with Crippen LogP contribution in [0.2, 0.25) is 0 Å². The number of ether oxygens (including phenoxy) is 2. The van der Waals surface area contributed by atoms with Gasteiger partial charge in [-0.25, -0.2) is 4.79 Å². The van der Waals surface area contributed by atoms with E-state index in [1.807, 2.05) is 39.0 Å². The number of hydrogen-bond donors (Lipinski definition) is 0. The lowest BCUT2D eigenvalue weighted by molar-refractivity contribution is 0.0217. The molecule has 1 aromatic rings. The summed E-state index contributed by atoms with van der Waals surface area (Å²) in [5.41, 5.74) is 0.227. The van der Waals surface area contributed by atoms with Gasteiger partial charge in [-0.15, -0.1) is 0 Å². The highest BCUT2D eigenvalue weighted by molar-refractivity contribution is 5.68. The lowest BCUT2D eigenvalue weighted by Crippen LogP contribution is -2.44. The van der Waals surface area contributed by atoms with Gasteiger partial charge in [0.2, 0.25) is 0 Å². The van der Waals surface area contributed by atoms with Crippen molar-refractivity contribution in [2.75, 3.05) is 13.1 Å². The maximum absolute atomic E-state index is 12.1. The number of amides is 1. The molecule has 2 aliphatic heterocycles. The first-order chi connectivity index (χ1) is 9.41. The number of epoxide rings is 1. The molecule has 5 heteroatoms. The lowest BCUT2D eigenvalue weighted by Gasteiger charge is -2.30. The molecule has 0 saturated carbocycles. The molecule has 3 heterocycles. The van der Waals surface area contributed by atoms with E-state index >= 15 is 0 Å². The molecule has 0 spiro atoms. The fourth-order valence-corrected chi connectivity index (χ4v) is 2.68. The number of carbonyl (C=O) groups excluding carboxylic acids is 1. The monoisotopic (exact) mass is 276 g/mol. The molecule has 0 N–H and O–H groups in total. The van der Waals surface area contributed by atoms with E-state index in [2.05, 4.69) is 4.98 Å². The van der Waals surface area contributed by atoms with Crippen LogP contribution in [-0.2, 0) is 15.1 Å². The number of nitrogens with zero attached hydrogens (tertiary/aromatic N) is 2. The molecular weight excluding hydrogens is 256 g/mol. The average Bonchev–Trinajstić information content (AvgIpc) is 3.12. The summed E-state index contributed by atoms with van der Waals surface area (Å²) in [6.45, 7) is 6.84. The minimum Gasteiger partial charge on any atom is -0.444 e. The molecule has 3 rings (SSSR count). The van der Waals surface area contributed by atoms with Crippen molar-refractivity contribution in [2.24, 2.45) is 0 Å². The van der Waals surface area contributed by atoms with Crippen LogP contribution in [0.4, 0.5) is 4.79 Å². The number of likely N-dealkylation sites (tertiary alicyclic amines) is 1. The van der Waals surface area contributed by atoms with E-state index in [1.165, 1.54) is 0 Å². The number of fused-ring (bicyclic) bond motifs is 1. The van der Waals surface area contributed by atoms with E-state index in [1.54, 1.807) is 11.1 Å². The Kier molecular flexibility index (Phi) is 2.97. The smallest absolute Gasteiger partial charge is 0.410 e. The third-order valence-corrected chi connectivity index (χ3v) is 3.70. The standard InChI is InChI=1S/C15H20N2O3/c1-14(2,3)20-13(18)17-9-7-15(12(10-17)19-15)11-6-4-5-8-16-11/h4-6,8,12H,7,9-10H2,1-3H3/t12?,15-/m1/s1. The zero-order valence-corrected chi connectivity index (χ0v) is 12.1. The van der Waals surface area contributed by atoms with E-state index in [9.17, 15) is 4.79 Å². The molecule has 0 radical (unpaired) electrons. The predicted octanol–water partition coefficient (Wildman–Crippen LogP) is 2.32. The Hall–Kier alpha value is -1.62. The van der Waals surface area contributed by atoms with Gasteiger partial charge in [-0.1, -0.05) is 6.07 Å². The summed E-state index contributed by atoms with van der Waals surface area (Å²) in [6, 6.07) is 5.85. The van der Waals surface area contributed by atoms with Crippen molar-refractivity contribution in [3.63, 3.8) is 0 Å². The van der Waals surface area contributed by atoms with Crippen LogP contribution in [0.15, 0.2) is 24.4 Å². The second-order valence-corrected chi connectivity index (χ2v) is 6.39. The van der Waals surface area contributed by atoms with Crippen LogP contribution in [0.1, 0.15) is 32.9 Å². The summed E-state index contributed by atoms with van der Waals surface area (Å²) in [7, 11) is 0. The van der Waals surface area contributed by atoms with Crippen molar-refractivity contribution in [3.8, 4) is 0 Å². The van der Waals surface area contributed by atoms with Crippen molar-refractivity contribution < 1.29 is 14.3 Å².